The fraction of sp³-hybridized carbons (Fsp3) is 0.611. The number of amides is 1. The summed E-state index contributed by atoms with van der Waals surface area (Å²) >= 11 is 0. The molecule has 1 aliphatic heterocycles. The number of halogens is 1. The minimum atomic E-state index is -3.80. The van der Waals surface area contributed by atoms with Gasteiger partial charge in [-0.2, -0.15) is 4.31 Å². The summed E-state index contributed by atoms with van der Waals surface area (Å²) in [6.45, 7) is 4.83. The average Bonchev–Trinajstić information content (AvgIpc) is 2.61. The number of methoxy groups -OCH3 is 2. The van der Waals surface area contributed by atoms with E-state index in [4.69, 9.17) is 9.47 Å². The minimum absolute atomic E-state index is 0.00338. The number of sulfonamides is 1. The number of hydrogen-bond donors (Lipinski definition) is 1. The molecule has 7 nitrogen and oxygen atoms in total. The predicted octanol–water partition coefficient (Wildman–Crippen LogP) is 1.84. The van der Waals surface area contributed by atoms with E-state index in [0.29, 0.717) is 13.1 Å². The Labute approximate surface area is 159 Å². The van der Waals surface area contributed by atoms with E-state index in [1.165, 1.54) is 24.6 Å². The maximum absolute atomic E-state index is 14.1. The molecule has 0 radical (unpaired) electrons. The van der Waals surface area contributed by atoms with Crippen LogP contribution in [0.25, 0.3) is 0 Å². The fourth-order valence-corrected chi connectivity index (χ4v) is 5.03. The first-order valence-electron chi connectivity index (χ1n) is 8.82. The summed E-state index contributed by atoms with van der Waals surface area (Å²) in [6.07, 6.45) is 0.281. The van der Waals surface area contributed by atoms with E-state index >= 15 is 0 Å². The third kappa shape index (κ3) is 5.25. The van der Waals surface area contributed by atoms with Crippen molar-refractivity contribution in [1.29, 1.82) is 0 Å². The van der Waals surface area contributed by atoms with Crippen LogP contribution in [0.5, 0.6) is 0 Å². The highest BCUT2D eigenvalue weighted by Crippen LogP contribution is 2.27. The molecule has 0 saturated carbocycles. The van der Waals surface area contributed by atoms with Crippen molar-refractivity contribution in [3.05, 3.63) is 29.6 Å². The summed E-state index contributed by atoms with van der Waals surface area (Å²) in [6, 6.07) is 3.28. The number of ether oxygens (including phenoxy) is 2. The number of benzene rings is 1. The normalized spacial score (nSPS) is 21.4. The minimum Gasteiger partial charge on any atom is -0.354 e. The molecule has 0 spiro atoms. The molecule has 2 rings (SSSR count). The van der Waals surface area contributed by atoms with Crippen molar-refractivity contribution in [3.8, 4) is 0 Å². The first kappa shape index (κ1) is 21.7. The first-order valence-corrected chi connectivity index (χ1v) is 10.3. The molecule has 1 heterocycles. The molecule has 0 unspecified atom stereocenters. The summed E-state index contributed by atoms with van der Waals surface area (Å²) in [5.41, 5.74) is -0.333. The van der Waals surface area contributed by atoms with E-state index in [2.05, 4.69) is 5.32 Å². The van der Waals surface area contributed by atoms with E-state index < -0.39 is 28.0 Å². The van der Waals surface area contributed by atoms with Crippen LogP contribution in [0, 0.1) is 17.7 Å². The van der Waals surface area contributed by atoms with Crippen LogP contribution in [-0.4, -0.2) is 58.8 Å². The number of nitrogens with zero attached hydrogens (tertiary/aromatic N) is 1. The number of nitrogens with one attached hydrogen (secondary N) is 1. The van der Waals surface area contributed by atoms with E-state index in [1.54, 1.807) is 0 Å². The molecular weight excluding hydrogens is 375 g/mol. The third-order valence-electron chi connectivity index (χ3n) is 4.61. The van der Waals surface area contributed by atoms with E-state index in [0.717, 1.165) is 18.6 Å². The van der Waals surface area contributed by atoms with Crippen LogP contribution < -0.4 is 5.32 Å². The lowest BCUT2D eigenvalue weighted by atomic mass is 9.94. The van der Waals surface area contributed by atoms with Gasteiger partial charge in [0.1, 0.15) is 5.82 Å². The Kier molecular flexibility index (Phi) is 7.32. The van der Waals surface area contributed by atoms with Crippen LogP contribution in [0.3, 0.4) is 0 Å². The van der Waals surface area contributed by atoms with Gasteiger partial charge in [-0.1, -0.05) is 13.8 Å². The number of rotatable bonds is 7. The largest absolute Gasteiger partial charge is 0.354 e. The average molecular weight is 402 g/mol. The molecular formula is C18H27FN2O5S. The lowest BCUT2D eigenvalue weighted by Crippen LogP contribution is -2.42. The van der Waals surface area contributed by atoms with Gasteiger partial charge in [0.2, 0.25) is 10.0 Å². The molecule has 0 aliphatic carbocycles. The van der Waals surface area contributed by atoms with Gasteiger partial charge in [-0.15, -0.1) is 0 Å². The second kappa shape index (κ2) is 9.09. The molecule has 1 aliphatic rings. The highest BCUT2D eigenvalue weighted by Gasteiger charge is 2.32. The zero-order valence-corrected chi connectivity index (χ0v) is 16.9. The molecule has 0 aromatic heterocycles. The second-order valence-electron chi connectivity index (χ2n) is 7.02. The van der Waals surface area contributed by atoms with Gasteiger partial charge in [-0.25, -0.2) is 12.8 Å². The quantitative estimate of drug-likeness (QED) is 0.704. The molecule has 9 heteroatoms. The number of piperidine rings is 1. The Morgan fingerprint density at radius 1 is 1.26 bits per heavy atom. The second-order valence-corrected chi connectivity index (χ2v) is 8.96. The van der Waals surface area contributed by atoms with Crippen LogP contribution in [0.15, 0.2) is 23.1 Å². The van der Waals surface area contributed by atoms with Gasteiger partial charge < -0.3 is 14.8 Å². The van der Waals surface area contributed by atoms with Crippen LogP contribution in [0.4, 0.5) is 4.39 Å². The van der Waals surface area contributed by atoms with Gasteiger partial charge >= 0.3 is 0 Å². The standard InChI is InChI=1S/C18H27FN2O5S/c1-12-7-13(2)11-21(10-12)27(23,24)14-5-6-16(19)15(8-14)18(22)20-9-17(25-3)26-4/h5-6,8,12-13,17H,7,9-11H2,1-4H3,(H,20,22)/t12-,13-/m1/s1. The van der Waals surface area contributed by atoms with E-state index in [9.17, 15) is 17.6 Å². The molecule has 1 aromatic rings. The molecule has 1 fully saturated rings. The van der Waals surface area contributed by atoms with E-state index in [1.807, 2.05) is 13.8 Å². The van der Waals surface area contributed by atoms with Crippen molar-refractivity contribution in [2.24, 2.45) is 11.8 Å². The lowest BCUT2D eigenvalue weighted by molar-refractivity contribution is -0.0974. The molecule has 152 valence electrons. The summed E-state index contributed by atoms with van der Waals surface area (Å²) in [5, 5.41) is 2.48. The van der Waals surface area contributed by atoms with Crippen LogP contribution in [0.2, 0.25) is 0 Å². The van der Waals surface area contributed by atoms with Crippen molar-refractivity contribution >= 4 is 15.9 Å². The number of hydrogen-bond acceptors (Lipinski definition) is 5. The highest BCUT2D eigenvalue weighted by atomic mass is 32.2. The van der Waals surface area contributed by atoms with Gasteiger partial charge in [0.25, 0.3) is 5.91 Å². The molecule has 2 atom stereocenters. The SMILES string of the molecule is COC(CNC(=O)c1cc(S(=O)(=O)N2C[C@H](C)C[C@@H](C)C2)ccc1F)OC. The lowest BCUT2D eigenvalue weighted by Gasteiger charge is -2.34. The Bertz CT molecular complexity index is 757. The van der Waals surface area contributed by atoms with Crippen molar-refractivity contribution < 1.29 is 27.1 Å². The van der Waals surface area contributed by atoms with Crippen molar-refractivity contribution in [2.75, 3.05) is 33.9 Å². The van der Waals surface area contributed by atoms with Gasteiger partial charge in [0.05, 0.1) is 17.0 Å². The molecule has 27 heavy (non-hydrogen) atoms. The number of carbonyl (C=O) groups excluding carboxylic acids is 1. The summed E-state index contributed by atoms with van der Waals surface area (Å²) in [7, 11) is -0.981. The van der Waals surface area contributed by atoms with Crippen molar-refractivity contribution in [3.63, 3.8) is 0 Å². The molecule has 1 N–H and O–H groups in total. The molecule has 1 amide bonds. The topological polar surface area (TPSA) is 84.9 Å². The summed E-state index contributed by atoms with van der Waals surface area (Å²) in [5.74, 6) is -1.04. The summed E-state index contributed by atoms with van der Waals surface area (Å²) in [4.78, 5) is 12.2. The maximum atomic E-state index is 14.1. The van der Waals surface area contributed by atoms with Crippen LogP contribution in [-0.2, 0) is 19.5 Å². The molecule has 1 aromatic carbocycles. The third-order valence-corrected chi connectivity index (χ3v) is 6.44. The monoisotopic (exact) mass is 402 g/mol. The van der Waals surface area contributed by atoms with Crippen LogP contribution >= 0.6 is 0 Å². The zero-order valence-electron chi connectivity index (χ0n) is 16.1. The van der Waals surface area contributed by atoms with Gasteiger partial charge in [-0.05, 0) is 36.5 Å². The van der Waals surface area contributed by atoms with Gasteiger partial charge in [0.15, 0.2) is 6.29 Å². The number of carbonyl (C=O) groups is 1. The smallest absolute Gasteiger partial charge is 0.254 e. The fourth-order valence-electron chi connectivity index (χ4n) is 3.32. The Morgan fingerprint density at radius 2 is 1.85 bits per heavy atom. The zero-order chi connectivity index (χ0) is 20.2. The predicted molar refractivity (Wildman–Crippen MR) is 98.2 cm³/mol. The summed E-state index contributed by atoms with van der Waals surface area (Å²) < 4.78 is 51.4. The van der Waals surface area contributed by atoms with E-state index in [-0.39, 0.29) is 28.8 Å². The van der Waals surface area contributed by atoms with Crippen molar-refractivity contribution in [2.45, 2.75) is 31.5 Å². The molecule has 0 bridgehead atoms. The van der Waals surface area contributed by atoms with Gasteiger partial charge in [-0.3, -0.25) is 4.79 Å². The first-order chi connectivity index (χ1) is 12.7. The van der Waals surface area contributed by atoms with Gasteiger partial charge in [0, 0.05) is 27.3 Å². The Hall–Kier alpha value is -1.55. The van der Waals surface area contributed by atoms with Crippen molar-refractivity contribution in [1.82, 2.24) is 9.62 Å². The molecule has 1 saturated heterocycles. The Balaban J connectivity index is 2.24. The Morgan fingerprint density at radius 3 is 2.41 bits per heavy atom. The highest BCUT2D eigenvalue weighted by molar-refractivity contribution is 7.89. The maximum Gasteiger partial charge on any atom is 0.254 e. The van der Waals surface area contributed by atoms with Crippen LogP contribution in [0.1, 0.15) is 30.6 Å².